The number of aromatic nitrogens is 1. The van der Waals surface area contributed by atoms with E-state index in [2.05, 4.69) is 10.3 Å². The summed E-state index contributed by atoms with van der Waals surface area (Å²) in [6.45, 7) is 1.93. The van der Waals surface area contributed by atoms with Gasteiger partial charge in [-0.25, -0.2) is 4.39 Å². The summed E-state index contributed by atoms with van der Waals surface area (Å²) in [4.78, 5) is 4.04. The van der Waals surface area contributed by atoms with Gasteiger partial charge in [0, 0.05) is 24.5 Å². The van der Waals surface area contributed by atoms with Gasteiger partial charge in [0.25, 0.3) is 0 Å². The van der Waals surface area contributed by atoms with E-state index in [0.29, 0.717) is 11.4 Å². The van der Waals surface area contributed by atoms with Gasteiger partial charge in [0.05, 0.1) is 24.5 Å². The van der Waals surface area contributed by atoms with E-state index < -0.39 is 5.82 Å². The number of hydrogen-bond acceptors (Lipinski definition) is 4. The summed E-state index contributed by atoms with van der Waals surface area (Å²) >= 11 is 0. The topological polar surface area (TPSA) is 60.2 Å². The van der Waals surface area contributed by atoms with Crippen LogP contribution in [0, 0.1) is 5.82 Å². The molecule has 19 heavy (non-hydrogen) atoms. The number of rotatable bonds is 4. The molecular weight excluding hydrogens is 245 g/mol. The lowest BCUT2D eigenvalue weighted by Crippen LogP contribution is -2.09. The average Bonchev–Trinajstić information content (AvgIpc) is 2.42. The van der Waals surface area contributed by atoms with Gasteiger partial charge in [0.2, 0.25) is 0 Å². The first-order valence-corrected chi connectivity index (χ1v) is 5.91. The Hall–Kier alpha value is -2.30. The number of anilines is 2. The highest BCUT2D eigenvalue weighted by Gasteiger charge is 2.12. The van der Waals surface area contributed by atoms with Gasteiger partial charge in [-0.05, 0) is 18.6 Å². The van der Waals surface area contributed by atoms with Crippen LogP contribution in [0.25, 0.3) is 0 Å². The van der Waals surface area contributed by atoms with Crippen molar-refractivity contribution >= 4 is 11.4 Å². The molecule has 0 aliphatic rings. The Morgan fingerprint density at radius 1 is 1.42 bits per heavy atom. The number of methoxy groups -OCH3 is 1. The van der Waals surface area contributed by atoms with Crippen LogP contribution in [0.3, 0.4) is 0 Å². The molecule has 1 heterocycles. The zero-order valence-electron chi connectivity index (χ0n) is 10.9. The molecule has 3 N–H and O–H groups in total. The quantitative estimate of drug-likeness (QED) is 0.831. The van der Waals surface area contributed by atoms with Gasteiger partial charge in [-0.1, -0.05) is 6.07 Å². The molecular formula is C14H16FN3O. The first-order chi connectivity index (χ1) is 9.11. The Morgan fingerprint density at radius 2 is 2.21 bits per heavy atom. The Bertz CT molecular complexity index is 560. The maximum Gasteiger partial charge on any atom is 0.148 e. The molecule has 5 heteroatoms. The summed E-state index contributed by atoms with van der Waals surface area (Å²) in [6.07, 6.45) is 3.44. The van der Waals surface area contributed by atoms with Crippen LogP contribution in [0.2, 0.25) is 0 Å². The first-order valence-electron chi connectivity index (χ1n) is 5.91. The van der Waals surface area contributed by atoms with Crippen LogP contribution >= 0.6 is 0 Å². The molecule has 100 valence electrons. The van der Waals surface area contributed by atoms with Crippen molar-refractivity contribution in [1.82, 2.24) is 4.98 Å². The highest BCUT2D eigenvalue weighted by atomic mass is 19.1. The molecule has 2 rings (SSSR count). The lowest BCUT2D eigenvalue weighted by Gasteiger charge is -2.17. The van der Waals surface area contributed by atoms with Crippen molar-refractivity contribution < 1.29 is 9.13 Å². The van der Waals surface area contributed by atoms with Gasteiger partial charge >= 0.3 is 0 Å². The number of pyridine rings is 1. The summed E-state index contributed by atoms with van der Waals surface area (Å²) in [7, 11) is 1.50. The number of hydrogen-bond donors (Lipinski definition) is 2. The highest BCUT2D eigenvalue weighted by molar-refractivity contribution is 5.62. The third-order valence-corrected chi connectivity index (χ3v) is 2.88. The number of nitrogens with two attached hydrogens (primary N) is 1. The number of ether oxygens (including phenoxy) is 1. The van der Waals surface area contributed by atoms with Crippen molar-refractivity contribution in [3.63, 3.8) is 0 Å². The monoisotopic (exact) mass is 261 g/mol. The van der Waals surface area contributed by atoms with Gasteiger partial charge < -0.3 is 15.8 Å². The fraction of sp³-hybridized carbons (Fsp3) is 0.214. The minimum atomic E-state index is -0.408. The predicted octanol–water partition coefficient (Wildman–Crippen LogP) is 2.98. The molecule has 0 aliphatic carbocycles. The van der Waals surface area contributed by atoms with Gasteiger partial charge in [0.15, 0.2) is 0 Å². The van der Waals surface area contributed by atoms with Crippen molar-refractivity contribution in [1.29, 1.82) is 0 Å². The molecule has 0 radical (unpaired) electrons. The molecule has 0 spiro atoms. The molecule has 0 saturated carbocycles. The van der Waals surface area contributed by atoms with Crippen LogP contribution < -0.4 is 15.8 Å². The summed E-state index contributed by atoms with van der Waals surface area (Å²) in [5.74, 6) is 0.0383. The van der Waals surface area contributed by atoms with Gasteiger partial charge in [0.1, 0.15) is 11.6 Å². The van der Waals surface area contributed by atoms with E-state index in [9.17, 15) is 4.39 Å². The number of nitrogens with one attached hydrogen (secondary N) is 1. The van der Waals surface area contributed by atoms with Crippen LogP contribution in [0.1, 0.15) is 18.5 Å². The van der Waals surface area contributed by atoms with E-state index in [1.165, 1.54) is 13.2 Å². The number of nitrogens with zero attached hydrogens (tertiary/aromatic N) is 1. The van der Waals surface area contributed by atoms with Crippen LogP contribution in [0.15, 0.2) is 36.7 Å². The van der Waals surface area contributed by atoms with Gasteiger partial charge in [-0.3, -0.25) is 4.98 Å². The van der Waals surface area contributed by atoms with E-state index in [1.807, 2.05) is 19.1 Å². The fourth-order valence-electron chi connectivity index (χ4n) is 1.80. The van der Waals surface area contributed by atoms with Crippen LogP contribution in [-0.2, 0) is 0 Å². The fourth-order valence-corrected chi connectivity index (χ4v) is 1.80. The summed E-state index contributed by atoms with van der Waals surface area (Å²) in [5.41, 5.74) is 7.24. The van der Waals surface area contributed by atoms with Crippen molar-refractivity contribution in [2.75, 3.05) is 18.2 Å². The van der Waals surface area contributed by atoms with E-state index in [4.69, 9.17) is 10.5 Å². The molecule has 0 bridgehead atoms. The molecule has 0 fully saturated rings. The second-order valence-electron chi connectivity index (χ2n) is 4.23. The van der Waals surface area contributed by atoms with Crippen molar-refractivity contribution in [3.05, 3.63) is 48.0 Å². The van der Waals surface area contributed by atoms with E-state index in [-0.39, 0.29) is 11.7 Å². The standard InChI is InChI=1S/C14H16FN3O/c1-9(10-4-3-5-17-8-10)18-13-7-14(19-2)12(16)6-11(13)15/h3-9,18H,16H2,1-2H3. The van der Waals surface area contributed by atoms with Crippen molar-refractivity contribution in [2.45, 2.75) is 13.0 Å². The third-order valence-electron chi connectivity index (χ3n) is 2.88. The smallest absolute Gasteiger partial charge is 0.148 e. The lowest BCUT2D eigenvalue weighted by atomic mass is 10.1. The van der Waals surface area contributed by atoms with Crippen molar-refractivity contribution in [2.24, 2.45) is 0 Å². The summed E-state index contributed by atoms with van der Waals surface area (Å²) in [5, 5.41) is 3.08. The second-order valence-corrected chi connectivity index (χ2v) is 4.23. The van der Waals surface area contributed by atoms with Gasteiger partial charge in [-0.2, -0.15) is 0 Å². The molecule has 2 aromatic rings. The maximum absolute atomic E-state index is 13.8. The van der Waals surface area contributed by atoms with Crippen LogP contribution in [0.5, 0.6) is 5.75 Å². The largest absolute Gasteiger partial charge is 0.495 e. The molecule has 0 amide bonds. The Kier molecular flexibility index (Phi) is 3.85. The van der Waals surface area contributed by atoms with Gasteiger partial charge in [-0.15, -0.1) is 0 Å². The average molecular weight is 261 g/mol. The minimum absolute atomic E-state index is 0.0727. The van der Waals surface area contributed by atoms with Crippen LogP contribution in [-0.4, -0.2) is 12.1 Å². The lowest BCUT2D eigenvalue weighted by molar-refractivity contribution is 0.416. The zero-order chi connectivity index (χ0) is 13.8. The predicted molar refractivity (Wildman–Crippen MR) is 73.6 cm³/mol. The highest BCUT2D eigenvalue weighted by Crippen LogP contribution is 2.30. The molecule has 0 aliphatic heterocycles. The maximum atomic E-state index is 13.8. The third kappa shape index (κ3) is 2.93. The first kappa shape index (κ1) is 13.1. The van der Waals surface area contributed by atoms with E-state index >= 15 is 0 Å². The SMILES string of the molecule is COc1cc(NC(C)c2cccnc2)c(F)cc1N. The molecule has 0 saturated heterocycles. The molecule has 1 aromatic carbocycles. The van der Waals surface area contributed by atoms with Crippen LogP contribution in [0.4, 0.5) is 15.8 Å². The summed E-state index contributed by atoms with van der Waals surface area (Å²) < 4.78 is 18.9. The Morgan fingerprint density at radius 3 is 2.84 bits per heavy atom. The Labute approximate surface area is 111 Å². The second kappa shape index (κ2) is 5.56. The zero-order valence-corrected chi connectivity index (χ0v) is 10.9. The molecule has 4 nitrogen and oxygen atoms in total. The number of nitrogen functional groups attached to an aromatic ring is 1. The molecule has 1 aromatic heterocycles. The summed E-state index contributed by atoms with van der Waals surface area (Å²) in [6, 6.07) is 6.50. The van der Waals surface area contributed by atoms with E-state index in [0.717, 1.165) is 5.56 Å². The number of benzene rings is 1. The van der Waals surface area contributed by atoms with Crippen molar-refractivity contribution in [3.8, 4) is 5.75 Å². The number of halogens is 1. The van der Waals surface area contributed by atoms with E-state index in [1.54, 1.807) is 18.5 Å². The molecule has 1 unspecified atom stereocenters. The Balaban J connectivity index is 2.24. The normalized spacial score (nSPS) is 11.9. The molecule has 1 atom stereocenters. The minimum Gasteiger partial charge on any atom is -0.495 e.